The largest absolute Gasteiger partial charge is 0.416 e. The summed E-state index contributed by atoms with van der Waals surface area (Å²) in [4.78, 5) is 0. The molecule has 0 aliphatic heterocycles. The summed E-state index contributed by atoms with van der Waals surface area (Å²) in [5, 5.41) is 11.9. The van der Waals surface area contributed by atoms with Crippen LogP contribution in [-0.4, -0.2) is 17.8 Å². The van der Waals surface area contributed by atoms with Gasteiger partial charge in [0.15, 0.2) is 0 Å². The number of anilines is 1. The van der Waals surface area contributed by atoms with Crippen LogP contribution in [-0.2, 0) is 6.18 Å². The van der Waals surface area contributed by atoms with Gasteiger partial charge < -0.3 is 10.4 Å². The minimum Gasteiger partial charge on any atom is -0.394 e. The molecule has 1 rings (SSSR count). The average Bonchev–Trinajstić information content (AvgIpc) is 2.25. The van der Waals surface area contributed by atoms with Crippen molar-refractivity contribution in [2.24, 2.45) is 0 Å². The van der Waals surface area contributed by atoms with Gasteiger partial charge in [0.25, 0.3) is 0 Å². The maximum absolute atomic E-state index is 12.3. The van der Waals surface area contributed by atoms with Gasteiger partial charge in [-0.1, -0.05) is 6.92 Å². The van der Waals surface area contributed by atoms with Crippen molar-refractivity contribution in [2.75, 3.05) is 11.9 Å². The van der Waals surface area contributed by atoms with E-state index in [0.29, 0.717) is 12.1 Å². The van der Waals surface area contributed by atoms with Gasteiger partial charge in [-0.05, 0) is 30.7 Å². The molecule has 0 amide bonds. The first-order valence-electron chi connectivity index (χ1n) is 5.02. The van der Waals surface area contributed by atoms with Crippen LogP contribution in [0.15, 0.2) is 24.3 Å². The fraction of sp³-hybridized carbons (Fsp3) is 0.455. The Hall–Kier alpha value is -1.23. The molecule has 0 unspecified atom stereocenters. The van der Waals surface area contributed by atoms with Crippen molar-refractivity contribution in [3.63, 3.8) is 0 Å². The lowest BCUT2D eigenvalue weighted by molar-refractivity contribution is -0.137. The lowest BCUT2D eigenvalue weighted by atomic mass is 10.1. The summed E-state index contributed by atoms with van der Waals surface area (Å²) in [6, 6.07) is 4.64. The van der Waals surface area contributed by atoms with Gasteiger partial charge >= 0.3 is 6.18 Å². The van der Waals surface area contributed by atoms with Crippen LogP contribution in [0.25, 0.3) is 0 Å². The van der Waals surface area contributed by atoms with Crippen LogP contribution in [0.2, 0.25) is 0 Å². The maximum Gasteiger partial charge on any atom is 0.416 e. The first-order chi connectivity index (χ1) is 7.47. The Kier molecular flexibility index (Phi) is 4.18. The normalized spacial score (nSPS) is 13.6. The summed E-state index contributed by atoms with van der Waals surface area (Å²) in [5.74, 6) is 0. The number of rotatable bonds is 4. The molecule has 0 radical (unpaired) electrons. The monoisotopic (exact) mass is 233 g/mol. The third-order valence-corrected chi connectivity index (χ3v) is 2.30. The van der Waals surface area contributed by atoms with Crippen LogP contribution in [0.4, 0.5) is 18.9 Å². The number of nitrogens with one attached hydrogen (secondary N) is 1. The smallest absolute Gasteiger partial charge is 0.394 e. The number of halogens is 3. The molecular formula is C11H14F3NO. The van der Waals surface area contributed by atoms with Crippen molar-refractivity contribution in [3.8, 4) is 0 Å². The molecule has 1 atom stereocenters. The van der Waals surface area contributed by atoms with E-state index in [0.717, 1.165) is 12.1 Å². The molecule has 0 saturated carbocycles. The van der Waals surface area contributed by atoms with Crippen LogP contribution in [0.1, 0.15) is 18.9 Å². The van der Waals surface area contributed by atoms with E-state index in [2.05, 4.69) is 5.32 Å². The number of hydrogen-bond donors (Lipinski definition) is 2. The van der Waals surface area contributed by atoms with Crippen molar-refractivity contribution < 1.29 is 18.3 Å². The van der Waals surface area contributed by atoms with Crippen molar-refractivity contribution >= 4 is 5.69 Å². The summed E-state index contributed by atoms with van der Waals surface area (Å²) in [6.45, 7) is 1.84. The second kappa shape index (κ2) is 5.21. The van der Waals surface area contributed by atoms with Gasteiger partial charge in [-0.15, -0.1) is 0 Å². The highest BCUT2D eigenvalue weighted by molar-refractivity contribution is 5.45. The van der Waals surface area contributed by atoms with E-state index in [1.165, 1.54) is 12.1 Å². The zero-order valence-electron chi connectivity index (χ0n) is 8.88. The molecule has 0 spiro atoms. The fourth-order valence-corrected chi connectivity index (χ4v) is 1.27. The Morgan fingerprint density at radius 3 is 2.19 bits per heavy atom. The highest BCUT2D eigenvalue weighted by atomic mass is 19.4. The summed E-state index contributed by atoms with van der Waals surface area (Å²) in [5.41, 5.74) is -0.0935. The summed E-state index contributed by atoms with van der Waals surface area (Å²) >= 11 is 0. The van der Waals surface area contributed by atoms with E-state index in [4.69, 9.17) is 5.11 Å². The molecule has 0 heterocycles. The maximum atomic E-state index is 12.3. The molecule has 1 aromatic rings. The molecule has 2 N–H and O–H groups in total. The van der Waals surface area contributed by atoms with Crippen LogP contribution in [0.5, 0.6) is 0 Å². The number of aliphatic hydroxyl groups excluding tert-OH is 1. The molecule has 0 aliphatic rings. The van der Waals surface area contributed by atoms with Crippen LogP contribution in [0.3, 0.4) is 0 Å². The molecule has 5 heteroatoms. The van der Waals surface area contributed by atoms with Crippen molar-refractivity contribution in [1.82, 2.24) is 0 Å². The minimum absolute atomic E-state index is 0.0441. The standard InChI is InChI=1S/C11H14F3NO/c1-2-9(7-16)15-10-5-3-8(4-6-10)11(12,13)14/h3-6,9,15-16H,2,7H2,1H3/t9-/m1/s1. The van der Waals surface area contributed by atoms with Crippen LogP contribution in [0, 0.1) is 0 Å². The molecule has 1 aromatic carbocycles. The van der Waals surface area contributed by atoms with E-state index in [1.807, 2.05) is 6.92 Å². The third kappa shape index (κ3) is 3.41. The summed E-state index contributed by atoms with van der Waals surface area (Å²) in [6.07, 6.45) is -3.60. The first kappa shape index (κ1) is 12.8. The summed E-state index contributed by atoms with van der Waals surface area (Å²) < 4.78 is 36.8. The van der Waals surface area contributed by atoms with Gasteiger partial charge in [0.2, 0.25) is 0 Å². The molecule has 0 saturated heterocycles. The van der Waals surface area contributed by atoms with Gasteiger partial charge in [-0.25, -0.2) is 0 Å². The predicted molar refractivity (Wildman–Crippen MR) is 56.2 cm³/mol. The van der Waals surface area contributed by atoms with Crippen LogP contribution < -0.4 is 5.32 Å². The van der Waals surface area contributed by atoms with Crippen molar-refractivity contribution in [1.29, 1.82) is 0 Å². The van der Waals surface area contributed by atoms with E-state index in [1.54, 1.807) is 0 Å². The average molecular weight is 233 g/mol. The first-order valence-corrected chi connectivity index (χ1v) is 5.02. The van der Waals surface area contributed by atoms with Gasteiger partial charge in [0, 0.05) is 11.7 Å². The molecule has 0 fully saturated rings. The third-order valence-electron chi connectivity index (χ3n) is 2.30. The molecule has 0 bridgehead atoms. The molecule has 2 nitrogen and oxygen atoms in total. The topological polar surface area (TPSA) is 32.3 Å². The number of benzene rings is 1. The molecule has 0 aliphatic carbocycles. The number of alkyl halides is 3. The van der Waals surface area contributed by atoms with Crippen molar-refractivity contribution in [3.05, 3.63) is 29.8 Å². The second-order valence-corrected chi connectivity index (χ2v) is 3.51. The Balaban J connectivity index is 2.72. The zero-order valence-corrected chi connectivity index (χ0v) is 8.88. The fourth-order valence-electron chi connectivity index (χ4n) is 1.27. The highest BCUT2D eigenvalue weighted by Crippen LogP contribution is 2.29. The summed E-state index contributed by atoms with van der Waals surface area (Å²) in [7, 11) is 0. The van der Waals surface area contributed by atoms with Crippen molar-refractivity contribution in [2.45, 2.75) is 25.6 Å². The quantitative estimate of drug-likeness (QED) is 0.838. The minimum atomic E-state index is -4.31. The van der Waals surface area contributed by atoms with E-state index >= 15 is 0 Å². The van der Waals surface area contributed by atoms with E-state index in [9.17, 15) is 13.2 Å². The highest BCUT2D eigenvalue weighted by Gasteiger charge is 2.29. The molecule has 16 heavy (non-hydrogen) atoms. The van der Waals surface area contributed by atoms with E-state index in [-0.39, 0.29) is 12.6 Å². The number of aliphatic hydroxyl groups is 1. The SMILES string of the molecule is CC[C@H](CO)Nc1ccc(C(F)(F)F)cc1. The van der Waals surface area contributed by atoms with E-state index < -0.39 is 11.7 Å². The second-order valence-electron chi connectivity index (χ2n) is 3.51. The Morgan fingerprint density at radius 1 is 1.25 bits per heavy atom. The van der Waals surface area contributed by atoms with Gasteiger partial charge in [-0.3, -0.25) is 0 Å². The predicted octanol–water partition coefficient (Wildman–Crippen LogP) is 2.89. The molecular weight excluding hydrogens is 219 g/mol. The van der Waals surface area contributed by atoms with Gasteiger partial charge in [0.1, 0.15) is 0 Å². The zero-order chi connectivity index (χ0) is 12.2. The molecule has 0 aromatic heterocycles. The van der Waals surface area contributed by atoms with Gasteiger partial charge in [-0.2, -0.15) is 13.2 Å². The Bertz CT molecular complexity index is 317. The Morgan fingerprint density at radius 2 is 1.81 bits per heavy atom. The Labute approximate surface area is 92.1 Å². The van der Waals surface area contributed by atoms with Crippen LogP contribution >= 0.6 is 0 Å². The van der Waals surface area contributed by atoms with Gasteiger partial charge in [0.05, 0.1) is 12.2 Å². The molecule has 90 valence electrons. The number of hydrogen-bond acceptors (Lipinski definition) is 2. The lowest BCUT2D eigenvalue weighted by Gasteiger charge is -2.16. The lowest BCUT2D eigenvalue weighted by Crippen LogP contribution is -2.22.